The maximum atomic E-state index is 6.17. The van der Waals surface area contributed by atoms with Crippen LogP contribution in [-0.4, -0.2) is 0 Å². The Bertz CT molecular complexity index is 500. The summed E-state index contributed by atoms with van der Waals surface area (Å²) in [6.07, 6.45) is 0. The largest absolute Gasteiger partial charge is 0.271 e. The van der Waals surface area contributed by atoms with Crippen LogP contribution in [0.15, 0.2) is 48.5 Å². The summed E-state index contributed by atoms with van der Waals surface area (Å²) in [6, 6.07) is 15.1. The SMILES string of the molecule is NNC(c1ccccc1)c1ccc(Cl)cc1Cl. The van der Waals surface area contributed by atoms with Gasteiger partial charge in [-0.25, -0.2) is 5.43 Å². The fourth-order valence-electron chi connectivity index (χ4n) is 1.75. The Hall–Kier alpha value is -1.06. The lowest BCUT2D eigenvalue weighted by Crippen LogP contribution is -2.29. The van der Waals surface area contributed by atoms with E-state index in [2.05, 4.69) is 5.43 Å². The van der Waals surface area contributed by atoms with E-state index in [0.717, 1.165) is 11.1 Å². The molecule has 0 saturated heterocycles. The van der Waals surface area contributed by atoms with Gasteiger partial charge in [0.05, 0.1) is 6.04 Å². The molecule has 0 radical (unpaired) electrons. The highest BCUT2D eigenvalue weighted by Gasteiger charge is 2.15. The van der Waals surface area contributed by atoms with Crippen molar-refractivity contribution in [1.29, 1.82) is 0 Å². The lowest BCUT2D eigenvalue weighted by Gasteiger charge is -2.18. The highest BCUT2D eigenvalue weighted by molar-refractivity contribution is 6.35. The van der Waals surface area contributed by atoms with Gasteiger partial charge in [0.25, 0.3) is 0 Å². The quantitative estimate of drug-likeness (QED) is 0.659. The van der Waals surface area contributed by atoms with Gasteiger partial charge in [-0.1, -0.05) is 59.6 Å². The molecule has 2 rings (SSSR count). The fraction of sp³-hybridized carbons (Fsp3) is 0.0769. The van der Waals surface area contributed by atoms with Crippen molar-refractivity contribution < 1.29 is 0 Å². The van der Waals surface area contributed by atoms with Crippen LogP contribution in [0.5, 0.6) is 0 Å². The minimum atomic E-state index is -0.138. The van der Waals surface area contributed by atoms with E-state index in [0.29, 0.717) is 10.0 Å². The number of nitrogens with two attached hydrogens (primary N) is 1. The van der Waals surface area contributed by atoms with Gasteiger partial charge in [-0.2, -0.15) is 0 Å². The summed E-state index contributed by atoms with van der Waals surface area (Å²) >= 11 is 12.0. The number of hydrogen-bond donors (Lipinski definition) is 2. The molecule has 2 aromatic rings. The lowest BCUT2D eigenvalue weighted by molar-refractivity contribution is 0.637. The van der Waals surface area contributed by atoms with Crippen LogP contribution in [0.25, 0.3) is 0 Å². The first kappa shape index (κ1) is 12.4. The van der Waals surface area contributed by atoms with Crippen molar-refractivity contribution in [3.05, 3.63) is 69.7 Å². The molecule has 3 N–H and O–H groups in total. The molecule has 0 aliphatic rings. The number of benzene rings is 2. The van der Waals surface area contributed by atoms with Crippen LogP contribution in [0, 0.1) is 0 Å². The van der Waals surface area contributed by atoms with Crippen LogP contribution in [0.1, 0.15) is 17.2 Å². The number of halogens is 2. The van der Waals surface area contributed by atoms with Crippen LogP contribution < -0.4 is 11.3 Å². The topological polar surface area (TPSA) is 38.0 Å². The summed E-state index contributed by atoms with van der Waals surface area (Å²) in [7, 11) is 0. The first-order valence-electron chi connectivity index (χ1n) is 5.18. The Morgan fingerprint density at radius 3 is 2.29 bits per heavy atom. The van der Waals surface area contributed by atoms with Gasteiger partial charge in [-0.15, -0.1) is 0 Å². The Balaban J connectivity index is 2.42. The predicted molar refractivity (Wildman–Crippen MR) is 72.1 cm³/mol. The minimum absolute atomic E-state index is 0.138. The number of hydrogen-bond acceptors (Lipinski definition) is 2. The van der Waals surface area contributed by atoms with Crippen molar-refractivity contribution in [3.8, 4) is 0 Å². The van der Waals surface area contributed by atoms with E-state index < -0.39 is 0 Å². The van der Waals surface area contributed by atoms with E-state index in [1.165, 1.54) is 0 Å². The molecule has 0 spiro atoms. The molecule has 0 aliphatic carbocycles. The lowest BCUT2D eigenvalue weighted by atomic mass is 9.99. The molecule has 0 bridgehead atoms. The fourth-order valence-corrected chi connectivity index (χ4v) is 2.26. The number of rotatable bonds is 3. The summed E-state index contributed by atoms with van der Waals surface area (Å²) in [5.74, 6) is 5.60. The maximum Gasteiger partial charge on any atom is 0.0724 e. The summed E-state index contributed by atoms with van der Waals surface area (Å²) in [5, 5.41) is 1.21. The van der Waals surface area contributed by atoms with Gasteiger partial charge >= 0.3 is 0 Å². The minimum Gasteiger partial charge on any atom is -0.271 e. The third kappa shape index (κ3) is 2.79. The van der Waals surface area contributed by atoms with Gasteiger partial charge in [0.1, 0.15) is 0 Å². The van der Waals surface area contributed by atoms with E-state index >= 15 is 0 Å². The predicted octanol–water partition coefficient (Wildman–Crippen LogP) is 3.55. The molecule has 0 heterocycles. The average Bonchev–Trinajstić information content (AvgIpc) is 2.34. The Morgan fingerprint density at radius 1 is 1.00 bits per heavy atom. The Labute approximate surface area is 110 Å². The molecule has 0 aliphatic heterocycles. The second-order valence-corrected chi connectivity index (χ2v) is 4.52. The summed E-state index contributed by atoms with van der Waals surface area (Å²) in [4.78, 5) is 0. The maximum absolute atomic E-state index is 6.17. The number of hydrazine groups is 1. The molecule has 0 aromatic heterocycles. The van der Waals surface area contributed by atoms with E-state index in [-0.39, 0.29) is 6.04 Å². The van der Waals surface area contributed by atoms with Crippen molar-refractivity contribution in [1.82, 2.24) is 5.43 Å². The summed E-state index contributed by atoms with van der Waals surface area (Å²) in [6.45, 7) is 0. The molecule has 0 amide bonds. The van der Waals surface area contributed by atoms with Crippen LogP contribution in [0.2, 0.25) is 10.0 Å². The molecule has 4 heteroatoms. The van der Waals surface area contributed by atoms with E-state index in [4.69, 9.17) is 29.0 Å². The van der Waals surface area contributed by atoms with Gasteiger partial charge in [0.15, 0.2) is 0 Å². The van der Waals surface area contributed by atoms with E-state index in [9.17, 15) is 0 Å². The smallest absolute Gasteiger partial charge is 0.0724 e. The zero-order valence-electron chi connectivity index (χ0n) is 9.03. The molecule has 0 saturated carbocycles. The molecule has 1 atom stereocenters. The molecule has 17 heavy (non-hydrogen) atoms. The van der Waals surface area contributed by atoms with Crippen LogP contribution >= 0.6 is 23.2 Å². The summed E-state index contributed by atoms with van der Waals surface area (Å²) < 4.78 is 0. The monoisotopic (exact) mass is 266 g/mol. The number of nitrogens with one attached hydrogen (secondary N) is 1. The van der Waals surface area contributed by atoms with Crippen LogP contribution in [0.3, 0.4) is 0 Å². The zero-order valence-corrected chi connectivity index (χ0v) is 10.5. The standard InChI is InChI=1S/C13H12Cl2N2/c14-10-6-7-11(12(15)8-10)13(17-16)9-4-2-1-3-5-9/h1-8,13,17H,16H2. The first-order chi connectivity index (χ1) is 8.22. The molecular weight excluding hydrogens is 255 g/mol. The van der Waals surface area contributed by atoms with Crippen LogP contribution in [-0.2, 0) is 0 Å². The third-order valence-corrected chi connectivity index (χ3v) is 3.14. The molecule has 2 nitrogen and oxygen atoms in total. The van der Waals surface area contributed by atoms with E-state index in [1.807, 2.05) is 36.4 Å². The third-order valence-electron chi connectivity index (χ3n) is 2.57. The summed E-state index contributed by atoms with van der Waals surface area (Å²) in [5.41, 5.74) is 4.73. The highest BCUT2D eigenvalue weighted by Crippen LogP contribution is 2.29. The van der Waals surface area contributed by atoms with E-state index in [1.54, 1.807) is 12.1 Å². The van der Waals surface area contributed by atoms with Gasteiger partial charge in [-0.3, -0.25) is 5.84 Å². The zero-order chi connectivity index (χ0) is 12.3. The van der Waals surface area contributed by atoms with Gasteiger partial charge in [0.2, 0.25) is 0 Å². The second-order valence-electron chi connectivity index (χ2n) is 3.68. The van der Waals surface area contributed by atoms with Crippen molar-refractivity contribution in [2.24, 2.45) is 5.84 Å². The Kier molecular flexibility index (Phi) is 4.02. The molecule has 1 unspecified atom stereocenters. The van der Waals surface area contributed by atoms with Crippen molar-refractivity contribution >= 4 is 23.2 Å². The first-order valence-corrected chi connectivity index (χ1v) is 5.94. The van der Waals surface area contributed by atoms with Crippen molar-refractivity contribution in [2.75, 3.05) is 0 Å². The molecule has 88 valence electrons. The van der Waals surface area contributed by atoms with Crippen molar-refractivity contribution in [3.63, 3.8) is 0 Å². The average molecular weight is 267 g/mol. The van der Waals surface area contributed by atoms with Gasteiger partial charge in [0, 0.05) is 10.0 Å². The molecule has 2 aromatic carbocycles. The van der Waals surface area contributed by atoms with Gasteiger partial charge in [-0.05, 0) is 23.3 Å². The highest BCUT2D eigenvalue weighted by atomic mass is 35.5. The normalized spacial score (nSPS) is 12.4. The molecule has 0 fully saturated rings. The second kappa shape index (κ2) is 5.52. The van der Waals surface area contributed by atoms with Gasteiger partial charge < -0.3 is 0 Å². The molecular formula is C13H12Cl2N2. The van der Waals surface area contributed by atoms with Crippen LogP contribution in [0.4, 0.5) is 0 Å². The van der Waals surface area contributed by atoms with Crippen molar-refractivity contribution in [2.45, 2.75) is 6.04 Å². The Morgan fingerprint density at radius 2 is 1.71 bits per heavy atom.